The Morgan fingerprint density at radius 2 is 2.00 bits per heavy atom. The Bertz CT molecular complexity index is 681. The highest BCUT2D eigenvalue weighted by atomic mass is 16.5. The first-order chi connectivity index (χ1) is 12.7. The summed E-state index contributed by atoms with van der Waals surface area (Å²) in [5.41, 5.74) is 2.28. The van der Waals surface area contributed by atoms with Gasteiger partial charge in [0.15, 0.2) is 0 Å². The van der Waals surface area contributed by atoms with Crippen LogP contribution in [0.15, 0.2) is 48.5 Å². The lowest BCUT2D eigenvalue weighted by atomic mass is 10.0. The van der Waals surface area contributed by atoms with Crippen LogP contribution in [-0.4, -0.2) is 32.5 Å². The summed E-state index contributed by atoms with van der Waals surface area (Å²) in [6.45, 7) is 7.20. The molecule has 4 nitrogen and oxygen atoms in total. The van der Waals surface area contributed by atoms with Gasteiger partial charge in [0.25, 0.3) is 0 Å². The Kier molecular flexibility index (Phi) is 6.78. The van der Waals surface area contributed by atoms with Crippen molar-refractivity contribution in [3.63, 3.8) is 0 Å². The normalized spacial score (nSPS) is 16.7. The second kappa shape index (κ2) is 9.48. The van der Waals surface area contributed by atoms with E-state index in [0.717, 1.165) is 43.2 Å². The first-order valence-electron chi connectivity index (χ1n) is 9.52. The third-order valence-electron chi connectivity index (χ3n) is 4.52. The molecule has 26 heavy (non-hydrogen) atoms. The molecule has 1 unspecified atom stereocenters. The zero-order valence-corrected chi connectivity index (χ0v) is 15.7. The van der Waals surface area contributed by atoms with Gasteiger partial charge in [0.05, 0.1) is 6.10 Å². The number of benzene rings is 2. The summed E-state index contributed by atoms with van der Waals surface area (Å²) < 4.78 is 17.4. The smallest absolute Gasteiger partial charge is 0.122 e. The molecule has 0 spiro atoms. The van der Waals surface area contributed by atoms with Crippen LogP contribution in [-0.2, 0) is 4.74 Å². The number of anilines is 1. The Balaban J connectivity index is 1.44. The standard InChI is InChI=1S/C22H29NO3/c1-17(2)21-10-3-4-11-22(21)25-14-12-23-18-7-5-8-19(15-18)26-16-20-9-6-13-24-20/h3-5,7-8,10-11,15,17,20,23H,6,9,12-14,16H2,1-2H3. The van der Waals surface area contributed by atoms with E-state index in [4.69, 9.17) is 14.2 Å². The third-order valence-corrected chi connectivity index (χ3v) is 4.52. The van der Waals surface area contributed by atoms with E-state index in [1.807, 2.05) is 36.4 Å². The van der Waals surface area contributed by atoms with Crippen molar-refractivity contribution < 1.29 is 14.2 Å². The molecule has 2 aromatic carbocycles. The summed E-state index contributed by atoms with van der Waals surface area (Å²) in [6.07, 6.45) is 2.46. The largest absolute Gasteiger partial charge is 0.491 e. The minimum absolute atomic E-state index is 0.237. The number of hydrogen-bond acceptors (Lipinski definition) is 4. The van der Waals surface area contributed by atoms with E-state index >= 15 is 0 Å². The highest BCUT2D eigenvalue weighted by molar-refractivity contribution is 5.48. The molecule has 1 aliphatic heterocycles. The summed E-state index contributed by atoms with van der Waals surface area (Å²) in [4.78, 5) is 0. The molecular weight excluding hydrogens is 326 g/mol. The van der Waals surface area contributed by atoms with Gasteiger partial charge in [0.1, 0.15) is 24.7 Å². The average molecular weight is 355 g/mol. The van der Waals surface area contributed by atoms with Gasteiger partial charge in [-0.1, -0.05) is 38.1 Å². The fraction of sp³-hybridized carbons (Fsp3) is 0.455. The van der Waals surface area contributed by atoms with Crippen molar-refractivity contribution in [1.29, 1.82) is 0 Å². The molecule has 0 bridgehead atoms. The Morgan fingerprint density at radius 3 is 2.81 bits per heavy atom. The van der Waals surface area contributed by atoms with Crippen LogP contribution in [0.25, 0.3) is 0 Å². The molecule has 4 heteroatoms. The molecular formula is C22H29NO3. The van der Waals surface area contributed by atoms with Crippen molar-refractivity contribution in [3.8, 4) is 11.5 Å². The van der Waals surface area contributed by atoms with Gasteiger partial charge < -0.3 is 19.5 Å². The first kappa shape index (κ1) is 18.6. The fourth-order valence-corrected chi connectivity index (χ4v) is 3.11. The van der Waals surface area contributed by atoms with Crippen LogP contribution in [0.1, 0.15) is 38.2 Å². The van der Waals surface area contributed by atoms with Gasteiger partial charge in [0.2, 0.25) is 0 Å². The summed E-state index contributed by atoms with van der Waals surface area (Å²) >= 11 is 0. The SMILES string of the molecule is CC(C)c1ccccc1OCCNc1cccc(OCC2CCCO2)c1. The maximum absolute atomic E-state index is 5.96. The second-order valence-corrected chi connectivity index (χ2v) is 6.94. The number of para-hydroxylation sites is 1. The molecule has 1 heterocycles. The molecule has 1 fully saturated rings. The van der Waals surface area contributed by atoms with Crippen molar-refractivity contribution in [2.75, 3.05) is 31.7 Å². The lowest BCUT2D eigenvalue weighted by molar-refractivity contribution is 0.0680. The van der Waals surface area contributed by atoms with E-state index in [0.29, 0.717) is 19.1 Å². The fourth-order valence-electron chi connectivity index (χ4n) is 3.11. The van der Waals surface area contributed by atoms with E-state index in [1.54, 1.807) is 0 Å². The van der Waals surface area contributed by atoms with Gasteiger partial charge in [-0.15, -0.1) is 0 Å². The predicted octanol–water partition coefficient (Wildman–Crippen LogP) is 4.86. The van der Waals surface area contributed by atoms with Gasteiger partial charge >= 0.3 is 0 Å². The van der Waals surface area contributed by atoms with Crippen molar-refractivity contribution in [1.82, 2.24) is 0 Å². The van der Waals surface area contributed by atoms with E-state index in [1.165, 1.54) is 5.56 Å². The molecule has 0 amide bonds. The van der Waals surface area contributed by atoms with Crippen LogP contribution < -0.4 is 14.8 Å². The first-order valence-corrected chi connectivity index (χ1v) is 9.52. The molecule has 0 saturated carbocycles. The molecule has 1 saturated heterocycles. The average Bonchev–Trinajstić information content (AvgIpc) is 3.18. The van der Waals surface area contributed by atoms with Gasteiger partial charge in [-0.25, -0.2) is 0 Å². The Morgan fingerprint density at radius 1 is 1.12 bits per heavy atom. The molecule has 1 N–H and O–H groups in total. The van der Waals surface area contributed by atoms with Crippen molar-refractivity contribution in [3.05, 3.63) is 54.1 Å². The topological polar surface area (TPSA) is 39.7 Å². The molecule has 140 valence electrons. The zero-order valence-electron chi connectivity index (χ0n) is 15.7. The monoisotopic (exact) mass is 355 g/mol. The third kappa shape index (κ3) is 5.40. The van der Waals surface area contributed by atoms with E-state index in [9.17, 15) is 0 Å². The van der Waals surface area contributed by atoms with Gasteiger partial charge in [0, 0.05) is 24.9 Å². The molecule has 2 aromatic rings. The number of rotatable bonds is 9. The van der Waals surface area contributed by atoms with Crippen LogP contribution in [0.2, 0.25) is 0 Å². The summed E-state index contributed by atoms with van der Waals surface area (Å²) in [5.74, 6) is 2.30. The Hall–Kier alpha value is -2.20. The lowest BCUT2D eigenvalue weighted by Gasteiger charge is -2.15. The van der Waals surface area contributed by atoms with Crippen molar-refractivity contribution in [2.24, 2.45) is 0 Å². The molecule has 1 aliphatic rings. The van der Waals surface area contributed by atoms with Gasteiger partial charge in [-0.2, -0.15) is 0 Å². The Labute approximate surface area is 156 Å². The second-order valence-electron chi connectivity index (χ2n) is 6.94. The zero-order chi connectivity index (χ0) is 18.2. The minimum atomic E-state index is 0.237. The minimum Gasteiger partial charge on any atom is -0.491 e. The highest BCUT2D eigenvalue weighted by Crippen LogP contribution is 2.25. The lowest BCUT2D eigenvalue weighted by Crippen LogP contribution is -2.16. The number of ether oxygens (including phenoxy) is 3. The van der Waals surface area contributed by atoms with Crippen LogP contribution in [0.3, 0.4) is 0 Å². The maximum Gasteiger partial charge on any atom is 0.122 e. The number of hydrogen-bond donors (Lipinski definition) is 1. The van der Waals surface area contributed by atoms with Crippen molar-refractivity contribution >= 4 is 5.69 Å². The van der Waals surface area contributed by atoms with E-state index in [2.05, 4.69) is 31.3 Å². The van der Waals surface area contributed by atoms with Crippen LogP contribution in [0, 0.1) is 0 Å². The molecule has 0 aromatic heterocycles. The molecule has 3 rings (SSSR count). The summed E-state index contributed by atoms with van der Waals surface area (Å²) in [5, 5.41) is 3.40. The van der Waals surface area contributed by atoms with Crippen molar-refractivity contribution in [2.45, 2.75) is 38.7 Å². The highest BCUT2D eigenvalue weighted by Gasteiger charge is 2.15. The van der Waals surface area contributed by atoms with Gasteiger partial charge in [-0.3, -0.25) is 0 Å². The summed E-state index contributed by atoms with van der Waals surface area (Å²) in [6, 6.07) is 16.3. The molecule has 0 radical (unpaired) electrons. The van der Waals surface area contributed by atoms with Crippen LogP contribution in [0.4, 0.5) is 5.69 Å². The molecule has 1 atom stereocenters. The van der Waals surface area contributed by atoms with E-state index < -0.39 is 0 Å². The summed E-state index contributed by atoms with van der Waals surface area (Å²) in [7, 11) is 0. The predicted molar refractivity (Wildman–Crippen MR) is 105 cm³/mol. The van der Waals surface area contributed by atoms with Crippen LogP contribution >= 0.6 is 0 Å². The quantitative estimate of drug-likeness (QED) is 0.652. The van der Waals surface area contributed by atoms with Crippen LogP contribution in [0.5, 0.6) is 11.5 Å². The van der Waals surface area contributed by atoms with Gasteiger partial charge in [-0.05, 0) is 42.5 Å². The maximum atomic E-state index is 5.96. The van der Waals surface area contributed by atoms with E-state index in [-0.39, 0.29) is 6.10 Å². The number of nitrogens with one attached hydrogen (secondary N) is 1. The molecule has 0 aliphatic carbocycles.